The molecule has 1 N–H and O–H groups in total. The molecule has 4 nitrogen and oxygen atoms in total. The second-order valence-electron chi connectivity index (χ2n) is 4.79. The Hall–Kier alpha value is -1.76. The first kappa shape index (κ1) is 16.6. The van der Waals surface area contributed by atoms with Gasteiger partial charge in [0.15, 0.2) is 0 Å². The van der Waals surface area contributed by atoms with Crippen molar-refractivity contribution in [2.24, 2.45) is 0 Å². The Morgan fingerprint density at radius 1 is 1.36 bits per heavy atom. The van der Waals surface area contributed by atoms with Crippen molar-refractivity contribution in [1.29, 1.82) is 0 Å². The topological polar surface area (TPSA) is 55.4 Å². The molecule has 1 saturated carbocycles. The molecule has 1 aromatic rings. The number of esters is 1. The lowest BCUT2D eigenvalue weighted by atomic mass is 10.0. The van der Waals surface area contributed by atoms with Gasteiger partial charge >= 0.3 is 5.97 Å². The van der Waals surface area contributed by atoms with Crippen LogP contribution in [0.3, 0.4) is 0 Å². The van der Waals surface area contributed by atoms with Gasteiger partial charge in [-0.25, -0.2) is 13.6 Å². The third-order valence-corrected chi connectivity index (χ3v) is 3.64. The molecule has 0 radical (unpaired) electrons. The van der Waals surface area contributed by atoms with Crippen LogP contribution in [0.15, 0.2) is 28.4 Å². The van der Waals surface area contributed by atoms with Crippen molar-refractivity contribution in [1.82, 2.24) is 5.32 Å². The van der Waals surface area contributed by atoms with Crippen LogP contribution in [-0.4, -0.2) is 24.4 Å². The van der Waals surface area contributed by atoms with E-state index >= 15 is 0 Å². The van der Waals surface area contributed by atoms with Gasteiger partial charge in [0.25, 0.3) is 0 Å². The van der Waals surface area contributed by atoms with E-state index in [1.54, 1.807) is 6.92 Å². The highest BCUT2D eigenvalue weighted by Gasteiger charge is 2.27. The average Bonchev–Trinajstić information content (AvgIpc) is 3.27. The number of nitrogens with one attached hydrogen (secondary N) is 1. The Morgan fingerprint density at radius 2 is 2.05 bits per heavy atom. The maximum absolute atomic E-state index is 13.9. The van der Waals surface area contributed by atoms with E-state index in [1.807, 2.05) is 0 Å². The molecular weight excluding hydrogens is 360 g/mol. The monoisotopic (exact) mass is 373 g/mol. The first-order valence-electron chi connectivity index (χ1n) is 6.76. The summed E-state index contributed by atoms with van der Waals surface area (Å²) < 4.78 is 32.1. The first-order chi connectivity index (χ1) is 10.4. The van der Waals surface area contributed by atoms with Gasteiger partial charge < -0.3 is 10.1 Å². The molecular formula is C15H14BrF2NO3. The van der Waals surface area contributed by atoms with E-state index in [4.69, 9.17) is 4.74 Å². The normalized spacial score (nSPS) is 14.6. The molecule has 0 amide bonds. The van der Waals surface area contributed by atoms with Gasteiger partial charge in [0.1, 0.15) is 17.2 Å². The van der Waals surface area contributed by atoms with Crippen molar-refractivity contribution in [3.8, 4) is 0 Å². The third kappa shape index (κ3) is 3.91. The number of hydrogen-bond acceptors (Lipinski definition) is 4. The minimum atomic E-state index is -0.921. The van der Waals surface area contributed by atoms with E-state index in [0.717, 1.165) is 25.0 Å². The van der Waals surface area contributed by atoms with Gasteiger partial charge in [-0.2, -0.15) is 0 Å². The maximum atomic E-state index is 13.9. The summed E-state index contributed by atoms with van der Waals surface area (Å²) in [6, 6.07) is 1.80. The molecule has 0 spiro atoms. The number of halogens is 3. The van der Waals surface area contributed by atoms with Crippen LogP contribution in [0.25, 0.3) is 0 Å². The van der Waals surface area contributed by atoms with E-state index in [0.29, 0.717) is 0 Å². The zero-order valence-electron chi connectivity index (χ0n) is 11.8. The minimum absolute atomic E-state index is 0.0735. The smallest absolute Gasteiger partial charge is 0.343 e. The van der Waals surface area contributed by atoms with Crippen molar-refractivity contribution >= 4 is 27.7 Å². The van der Waals surface area contributed by atoms with E-state index in [2.05, 4.69) is 21.2 Å². The first-order valence-corrected chi connectivity index (χ1v) is 7.56. The third-order valence-electron chi connectivity index (χ3n) is 3.04. The van der Waals surface area contributed by atoms with E-state index < -0.39 is 29.0 Å². The molecule has 0 atom stereocenters. The lowest BCUT2D eigenvalue weighted by Gasteiger charge is -2.09. The number of carbonyl (C=O) groups excluding carboxylic acids is 2. The maximum Gasteiger partial charge on any atom is 0.343 e. The molecule has 1 aliphatic carbocycles. The van der Waals surface area contributed by atoms with Crippen molar-refractivity contribution < 1.29 is 23.1 Å². The van der Waals surface area contributed by atoms with Crippen LogP contribution in [-0.2, 0) is 9.53 Å². The predicted octanol–water partition coefficient (Wildman–Crippen LogP) is 3.11. The summed E-state index contributed by atoms with van der Waals surface area (Å²) in [6.45, 7) is 1.66. The summed E-state index contributed by atoms with van der Waals surface area (Å²) in [5, 5.41) is 2.88. The average molecular weight is 374 g/mol. The van der Waals surface area contributed by atoms with Crippen LogP contribution >= 0.6 is 15.9 Å². The SMILES string of the molecule is CCOC(=O)/C(=C/NC1CC1)C(=O)c1cc(F)c(Br)cc1F. The fraction of sp³-hybridized carbons (Fsp3) is 0.333. The van der Waals surface area contributed by atoms with Crippen LogP contribution in [0.4, 0.5) is 8.78 Å². The number of ketones is 1. The van der Waals surface area contributed by atoms with Crippen molar-refractivity contribution in [2.45, 2.75) is 25.8 Å². The second kappa shape index (κ2) is 7.00. The highest BCUT2D eigenvalue weighted by Crippen LogP contribution is 2.23. The fourth-order valence-corrected chi connectivity index (χ4v) is 2.03. The van der Waals surface area contributed by atoms with Crippen LogP contribution in [0.2, 0.25) is 0 Å². The molecule has 118 valence electrons. The highest BCUT2D eigenvalue weighted by atomic mass is 79.9. The van der Waals surface area contributed by atoms with Crippen LogP contribution in [0.5, 0.6) is 0 Å². The minimum Gasteiger partial charge on any atom is -0.462 e. The second-order valence-corrected chi connectivity index (χ2v) is 5.65. The van der Waals surface area contributed by atoms with Gasteiger partial charge in [0.05, 0.1) is 16.6 Å². The Bertz CT molecular complexity index is 642. The number of carbonyl (C=O) groups is 2. The molecule has 7 heteroatoms. The number of ether oxygens (including phenoxy) is 1. The number of benzene rings is 1. The van der Waals surface area contributed by atoms with E-state index in [-0.39, 0.29) is 22.7 Å². The fourth-order valence-electron chi connectivity index (χ4n) is 1.72. The Balaban J connectivity index is 2.33. The van der Waals surface area contributed by atoms with E-state index in [9.17, 15) is 18.4 Å². The Labute approximate surface area is 134 Å². The molecule has 1 aromatic carbocycles. The molecule has 1 aliphatic rings. The van der Waals surface area contributed by atoms with Crippen molar-refractivity contribution in [3.63, 3.8) is 0 Å². The quantitative estimate of drug-likeness (QED) is 0.208. The summed E-state index contributed by atoms with van der Waals surface area (Å²) in [7, 11) is 0. The molecule has 0 aromatic heterocycles. The molecule has 22 heavy (non-hydrogen) atoms. The molecule has 0 unspecified atom stereocenters. The lowest BCUT2D eigenvalue weighted by Crippen LogP contribution is -2.21. The summed E-state index contributed by atoms with van der Waals surface area (Å²) in [4.78, 5) is 24.2. The largest absolute Gasteiger partial charge is 0.462 e. The zero-order valence-corrected chi connectivity index (χ0v) is 13.4. The standard InChI is InChI=1S/C15H14BrF2NO3/c1-2-22-15(21)10(7-19-8-3-4-8)14(20)9-5-13(18)11(16)6-12(9)17/h5-8,19H,2-4H2,1H3/b10-7+. The summed E-state index contributed by atoms with van der Waals surface area (Å²) in [5.41, 5.74) is -0.869. The van der Waals surface area contributed by atoms with Gasteiger partial charge in [-0.05, 0) is 47.8 Å². The lowest BCUT2D eigenvalue weighted by molar-refractivity contribution is -0.138. The number of Topliss-reactive ketones (excluding diaryl/α,β-unsaturated/α-hetero) is 1. The Morgan fingerprint density at radius 3 is 2.64 bits per heavy atom. The number of hydrogen-bond donors (Lipinski definition) is 1. The van der Waals surface area contributed by atoms with Crippen molar-refractivity contribution in [3.05, 3.63) is 45.6 Å². The van der Waals surface area contributed by atoms with Gasteiger partial charge in [0.2, 0.25) is 5.78 Å². The highest BCUT2D eigenvalue weighted by molar-refractivity contribution is 9.10. The molecule has 0 aliphatic heterocycles. The van der Waals surface area contributed by atoms with Gasteiger partial charge in [-0.1, -0.05) is 0 Å². The zero-order chi connectivity index (χ0) is 16.3. The van der Waals surface area contributed by atoms with Gasteiger partial charge in [-0.15, -0.1) is 0 Å². The molecule has 0 bridgehead atoms. The van der Waals surface area contributed by atoms with Crippen LogP contribution in [0, 0.1) is 11.6 Å². The molecule has 1 fully saturated rings. The molecule has 0 heterocycles. The molecule has 2 rings (SSSR count). The van der Waals surface area contributed by atoms with Gasteiger partial charge in [-0.3, -0.25) is 4.79 Å². The van der Waals surface area contributed by atoms with Crippen molar-refractivity contribution in [2.75, 3.05) is 6.61 Å². The summed E-state index contributed by atoms with van der Waals surface area (Å²) in [6.07, 6.45) is 3.08. The Kier molecular flexibility index (Phi) is 5.28. The van der Waals surface area contributed by atoms with Crippen LogP contribution in [0.1, 0.15) is 30.1 Å². The van der Waals surface area contributed by atoms with Crippen LogP contribution < -0.4 is 5.32 Å². The predicted molar refractivity (Wildman–Crippen MR) is 79.3 cm³/mol. The van der Waals surface area contributed by atoms with E-state index in [1.165, 1.54) is 6.20 Å². The summed E-state index contributed by atoms with van der Waals surface area (Å²) in [5.74, 6) is -3.50. The molecule has 0 saturated heterocycles. The summed E-state index contributed by atoms with van der Waals surface area (Å²) >= 11 is 2.83. The number of rotatable bonds is 6. The van der Waals surface area contributed by atoms with Gasteiger partial charge in [0, 0.05) is 12.2 Å².